The Hall–Kier alpha value is 0.251. The molecule has 0 aromatic rings. The SMILES string of the molecule is CC(C)O[Si](OC(C)C)(OC(C)C)N([Si](OC(C)C)(OC(C)C)OC(C)C)[Si](OC(C)C)(OC(C)C)OC(C)C. The van der Waals surface area contributed by atoms with Crippen molar-refractivity contribution in [2.45, 2.75) is 180 Å². The van der Waals surface area contributed by atoms with Crippen molar-refractivity contribution in [1.29, 1.82) is 0 Å². The van der Waals surface area contributed by atoms with Gasteiger partial charge in [-0.15, -0.1) is 0 Å². The van der Waals surface area contributed by atoms with Crippen LogP contribution in [0.1, 0.15) is 125 Å². The van der Waals surface area contributed by atoms with Crippen molar-refractivity contribution in [3.63, 3.8) is 0 Å². The van der Waals surface area contributed by atoms with E-state index < -0.39 is 26.9 Å². The first-order valence-corrected chi connectivity index (χ1v) is 20.0. The molecule has 10 nitrogen and oxygen atoms in total. The molecule has 0 saturated carbocycles. The number of nitrogens with zero attached hydrogens (tertiary/aromatic N) is 1. The van der Waals surface area contributed by atoms with Crippen molar-refractivity contribution in [3.8, 4) is 0 Å². The molecular weight excluding hydrogens is 567 g/mol. The first-order chi connectivity index (χ1) is 18.1. The van der Waals surface area contributed by atoms with E-state index in [2.05, 4.69) is 0 Å². The van der Waals surface area contributed by atoms with Gasteiger partial charge in [-0.1, -0.05) is 0 Å². The summed E-state index contributed by atoms with van der Waals surface area (Å²) in [5.74, 6) is 0. The third kappa shape index (κ3) is 13.3. The fraction of sp³-hybridized carbons (Fsp3) is 1.00. The van der Waals surface area contributed by atoms with Crippen molar-refractivity contribution in [2.24, 2.45) is 0 Å². The second-order valence-electron chi connectivity index (χ2n) is 12.4. The molecule has 13 heteroatoms. The minimum absolute atomic E-state index is 0.292. The van der Waals surface area contributed by atoms with Gasteiger partial charge in [0.15, 0.2) is 0 Å². The molecule has 0 amide bonds. The average molecular weight is 630 g/mol. The molecule has 0 saturated heterocycles. The largest absolute Gasteiger partial charge is 0.597 e. The van der Waals surface area contributed by atoms with Crippen LogP contribution in [-0.4, -0.2) is 85.7 Å². The van der Waals surface area contributed by atoms with Crippen molar-refractivity contribution >= 4 is 26.9 Å². The molecule has 0 unspecified atom stereocenters. The predicted octanol–water partition coefficient (Wildman–Crippen LogP) is 6.42. The van der Waals surface area contributed by atoms with Crippen LogP contribution in [0.5, 0.6) is 0 Å². The molecule has 0 N–H and O–H groups in total. The second-order valence-corrected chi connectivity index (χ2v) is 20.4. The normalized spacial score (nSPS) is 14.4. The topological polar surface area (TPSA) is 86.3 Å². The fourth-order valence-electron chi connectivity index (χ4n) is 3.91. The molecule has 40 heavy (non-hydrogen) atoms. The maximum Gasteiger partial charge on any atom is 0.597 e. The predicted molar refractivity (Wildman–Crippen MR) is 165 cm³/mol. The summed E-state index contributed by atoms with van der Waals surface area (Å²) in [6.07, 6.45) is -2.63. The molecule has 0 bridgehead atoms. The monoisotopic (exact) mass is 629 g/mol. The Morgan fingerprint density at radius 3 is 0.425 bits per heavy atom. The van der Waals surface area contributed by atoms with Gasteiger partial charge in [0.05, 0.1) is 0 Å². The Morgan fingerprint density at radius 1 is 0.250 bits per heavy atom. The van der Waals surface area contributed by atoms with Crippen LogP contribution in [0.2, 0.25) is 0 Å². The Morgan fingerprint density at radius 2 is 0.350 bits per heavy atom. The Balaban J connectivity index is 8.42. The first-order valence-electron chi connectivity index (χ1n) is 15.0. The van der Waals surface area contributed by atoms with Crippen molar-refractivity contribution in [2.75, 3.05) is 0 Å². The summed E-state index contributed by atoms with van der Waals surface area (Å²) in [4.78, 5) is 0. The van der Waals surface area contributed by atoms with Gasteiger partial charge >= 0.3 is 26.9 Å². The van der Waals surface area contributed by atoms with Gasteiger partial charge in [0, 0.05) is 54.9 Å². The standard InChI is InChI=1S/C27H63NO9Si3/c1-19(2)29-38(30-20(3)4,31-21(5)6)28(39(32-22(7)8,33-23(9)10)34-24(11)12)40(35-25(13)14,36-26(15)16)37-27(17)18/h19-27H,1-18H3. The van der Waals surface area contributed by atoms with Gasteiger partial charge in [-0.05, 0) is 125 Å². The molecule has 0 aromatic heterocycles. The van der Waals surface area contributed by atoms with Gasteiger partial charge < -0.3 is 39.8 Å². The summed E-state index contributed by atoms with van der Waals surface area (Å²) >= 11 is 0. The summed E-state index contributed by atoms with van der Waals surface area (Å²) in [6.45, 7) is 35.1. The van der Waals surface area contributed by atoms with E-state index in [1.165, 1.54) is 0 Å². The first kappa shape index (κ1) is 40.3. The van der Waals surface area contributed by atoms with Crippen LogP contribution in [0.25, 0.3) is 0 Å². The molecule has 0 heterocycles. The van der Waals surface area contributed by atoms with Crippen molar-refractivity contribution in [3.05, 3.63) is 0 Å². The lowest BCUT2D eigenvalue weighted by molar-refractivity contribution is -0.0933. The van der Waals surface area contributed by atoms with E-state index in [1.807, 2.05) is 129 Å². The van der Waals surface area contributed by atoms with E-state index in [1.54, 1.807) is 0 Å². The average Bonchev–Trinajstić information content (AvgIpc) is 2.61. The highest BCUT2D eigenvalue weighted by molar-refractivity contribution is 6.90. The quantitative estimate of drug-likeness (QED) is 0.133. The van der Waals surface area contributed by atoms with E-state index >= 15 is 0 Å². The Labute approximate surface area is 250 Å². The van der Waals surface area contributed by atoms with Crippen LogP contribution in [0.3, 0.4) is 0 Å². The summed E-state index contributed by atoms with van der Waals surface area (Å²) in [7, 11) is -12.2. The lowest BCUT2D eigenvalue weighted by Crippen LogP contribution is -2.86. The van der Waals surface area contributed by atoms with Crippen LogP contribution in [-0.2, 0) is 39.8 Å². The van der Waals surface area contributed by atoms with E-state index in [4.69, 9.17) is 39.8 Å². The molecule has 0 aromatic carbocycles. The molecule has 0 atom stereocenters. The summed E-state index contributed by atoms with van der Waals surface area (Å²) in [5, 5.41) is 0. The zero-order chi connectivity index (χ0) is 31.6. The van der Waals surface area contributed by atoms with Crippen LogP contribution in [0.4, 0.5) is 0 Å². The van der Waals surface area contributed by atoms with E-state index in [-0.39, 0.29) is 54.9 Å². The van der Waals surface area contributed by atoms with E-state index in [0.29, 0.717) is 0 Å². The molecule has 0 aliphatic heterocycles. The summed E-state index contributed by atoms with van der Waals surface area (Å²) in [6, 6.07) is 0. The fourth-order valence-corrected chi connectivity index (χ4v) is 17.6. The minimum atomic E-state index is -4.08. The Kier molecular flexibility index (Phi) is 17.6. The molecule has 0 fully saturated rings. The lowest BCUT2D eigenvalue weighted by atomic mass is 10.5. The van der Waals surface area contributed by atoms with Gasteiger partial charge in [0.2, 0.25) is 0 Å². The zero-order valence-electron chi connectivity index (χ0n) is 28.8. The van der Waals surface area contributed by atoms with Crippen LogP contribution >= 0.6 is 0 Å². The van der Waals surface area contributed by atoms with Crippen LogP contribution in [0, 0.1) is 0 Å². The zero-order valence-corrected chi connectivity index (χ0v) is 31.8. The lowest BCUT2D eigenvalue weighted by Gasteiger charge is -2.53. The highest BCUT2D eigenvalue weighted by Gasteiger charge is 2.78. The minimum Gasteiger partial charge on any atom is -0.359 e. The Bertz CT molecular complexity index is 522. The second kappa shape index (κ2) is 17.5. The van der Waals surface area contributed by atoms with Crippen molar-refractivity contribution < 1.29 is 39.8 Å². The molecule has 0 aliphatic rings. The third-order valence-corrected chi connectivity index (χ3v) is 17.8. The highest BCUT2D eigenvalue weighted by atomic mass is 28.5. The van der Waals surface area contributed by atoms with E-state index in [0.717, 1.165) is 0 Å². The van der Waals surface area contributed by atoms with Gasteiger partial charge in [0.25, 0.3) is 0 Å². The molecule has 0 spiro atoms. The number of rotatable bonds is 21. The maximum absolute atomic E-state index is 6.83. The number of hydrogen-bond acceptors (Lipinski definition) is 10. The van der Waals surface area contributed by atoms with E-state index in [9.17, 15) is 0 Å². The van der Waals surface area contributed by atoms with Crippen molar-refractivity contribution in [1.82, 2.24) is 3.90 Å². The van der Waals surface area contributed by atoms with Crippen LogP contribution in [0.15, 0.2) is 0 Å². The molecular formula is C27H63NO9Si3. The van der Waals surface area contributed by atoms with Gasteiger partial charge in [-0.2, -0.15) is 3.90 Å². The van der Waals surface area contributed by atoms with Gasteiger partial charge in [-0.25, -0.2) is 0 Å². The summed E-state index contributed by atoms with van der Waals surface area (Å²) in [5.41, 5.74) is 0. The van der Waals surface area contributed by atoms with Gasteiger partial charge in [-0.3, -0.25) is 0 Å². The molecule has 0 radical (unpaired) electrons. The summed E-state index contributed by atoms with van der Waals surface area (Å²) < 4.78 is 63.4. The van der Waals surface area contributed by atoms with Crippen LogP contribution < -0.4 is 0 Å². The highest BCUT2D eigenvalue weighted by Crippen LogP contribution is 2.39. The molecule has 0 rings (SSSR count). The molecule has 0 aliphatic carbocycles. The maximum atomic E-state index is 6.83. The third-order valence-electron chi connectivity index (χ3n) is 4.28. The smallest absolute Gasteiger partial charge is 0.359 e. The number of hydrogen-bond donors (Lipinski definition) is 0. The van der Waals surface area contributed by atoms with Gasteiger partial charge in [0.1, 0.15) is 0 Å². The molecule has 242 valence electrons.